The van der Waals surface area contributed by atoms with Gasteiger partial charge in [0, 0.05) is 17.1 Å². The van der Waals surface area contributed by atoms with E-state index in [4.69, 9.17) is 4.99 Å². The van der Waals surface area contributed by atoms with Crippen LogP contribution >= 0.6 is 11.3 Å². The minimum absolute atomic E-state index is 0.743. The summed E-state index contributed by atoms with van der Waals surface area (Å²) in [6, 6.07) is 4.38. The van der Waals surface area contributed by atoms with Gasteiger partial charge in [-0.15, -0.1) is 17.9 Å². The van der Waals surface area contributed by atoms with Gasteiger partial charge in [-0.2, -0.15) is 0 Å². The molecule has 0 aromatic carbocycles. The molecule has 0 spiro atoms. The molecule has 0 aliphatic carbocycles. The molecule has 0 bridgehead atoms. The Morgan fingerprint density at radius 3 is 2.61 bits per heavy atom. The number of hydrogen-bond donors (Lipinski definition) is 0. The van der Waals surface area contributed by atoms with Crippen LogP contribution in [0.1, 0.15) is 62.6 Å². The molecule has 0 amide bonds. The molecule has 23 heavy (non-hydrogen) atoms. The van der Waals surface area contributed by atoms with Gasteiger partial charge in [-0.25, -0.2) is 4.99 Å². The lowest BCUT2D eigenvalue weighted by atomic mass is 10.1. The summed E-state index contributed by atoms with van der Waals surface area (Å²) in [4.78, 5) is 12.0. The highest BCUT2D eigenvalue weighted by Crippen LogP contribution is 2.21. The van der Waals surface area contributed by atoms with Crippen molar-refractivity contribution < 1.29 is 0 Å². The van der Waals surface area contributed by atoms with E-state index >= 15 is 0 Å². The Hall–Kier alpha value is -1.48. The molecule has 0 radical (unpaired) electrons. The van der Waals surface area contributed by atoms with Crippen LogP contribution in [0, 0.1) is 0 Å². The molecule has 0 aliphatic heterocycles. The lowest BCUT2D eigenvalue weighted by Crippen LogP contribution is -2.06. The van der Waals surface area contributed by atoms with E-state index in [-0.39, 0.29) is 0 Å². The molecule has 3 heteroatoms. The van der Waals surface area contributed by atoms with Gasteiger partial charge in [0.1, 0.15) is 0 Å². The third kappa shape index (κ3) is 6.66. The molecule has 0 atom stereocenters. The number of allylic oxidation sites excluding steroid dienone is 2. The molecule has 0 unspecified atom stereocenters. The van der Waals surface area contributed by atoms with Crippen LogP contribution in [-0.2, 0) is 6.42 Å². The van der Waals surface area contributed by atoms with Crippen molar-refractivity contribution in [2.75, 3.05) is 6.54 Å². The Kier molecular flexibility index (Phi) is 9.46. The first-order chi connectivity index (χ1) is 11.2. The highest BCUT2D eigenvalue weighted by Gasteiger charge is 2.09. The Labute approximate surface area is 145 Å². The lowest BCUT2D eigenvalue weighted by molar-refractivity contribution is 0.722. The predicted molar refractivity (Wildman–Crippen MR) is 106 cm³/mol. The average molecular weight is 331 g/mol. The SMILES string of the molecule is C=CCC(=C)C(CC)=NC(=NCC)c1ccc(CCCCC)s1. The van der Waals surface area contributed by atoms with Crippen LogP contribution in [-0.4, -0.2) is 18.1 Å². The first kappa shape index (κ1) is 19.6. The van der Waals surface area contributed by atoms with Crippen LogP contribution < -0.4 is 0 Å². The number of unbranched alkanes of at least 4 members (excludes halogenated alkanes) is 2. The van der Waals surface area contributed by atoms with Gasteiger partial charge in [-0.1, -0.05) is 39.3 Å². The molecule has 1 aromatic rings. The summed E-state index contributed by atoms with van der Waals surface area (Å²) in [6.45, 7) is 15.1. The van der Waals surface area contributed by atoms with Gasteiger partial charge in [0.25, 0.3) is 0 Å². The fraction of sp³-hybridized carbons (Fsp3) is 0.500. The van der Waals surface area contributed by atoms with Crippen LogP contribution in [0.2, 0.25) is 0 Å². The second-order valence-electron chi connectivity index (χ2n) is 5.53. The number of aliphatic imine (C=N–C) groups is 2. The molecular formula is C20H30N2S. The first-order valence-electron chi connectivity index (χ1n) is 8.66. The van der Waals surface area contributed by atoms with Crippen molar-refractivity contribution in [3.63, 3.8) is 0 Å². The second kappa shape index (κ2) is 11.1. The molecule has 0 N–H and O–H groups in total. The summed E-state index contributed by atoms with van der Waals surface area (Å²) in [6.07, 6.45) is 8.49. The maximum absolute atomic E-state index is 4.81. The predicted octanol–water partition coefficient (Wildman–Crippen LogP) is 6.23. The maximum atomic E-state index is 4.81. The van der Waals surface area contributed by atoms with Crippen LogP contribution in [0.25, 0.3) is 0 Å². The molecule has 2 nitrogen and oxygen atoms in total. The van der Waals surface area contributed by atoms with Gasteiger partial charge in [-0.3, -0.25) is 4.99 Å². The van der Waals surface area contributed by atoms with Gasteiger partial charge < -0.3 is 0 Å². The smallest absolute Gasteiger partial charge is 0.165 e. The standard InChI is InChI=1S/C20H30N2S/c1-6-10-11-13-17-14-15-19(23-17)20(21-9-4)22-18(8-3)16(5)12-7-2/h7,14-15H,2,5-6,8-13H2,1,3-4H3. The van der Waals surface area contributed by atoms with Crippen LogP contribution in [0.3, 0.4) is 0 Å². The van der Waals surface area contributed by atoms with E-state index in [1.165, 1.54) is 24.1 Å². The molecule has 1 aromatic heterocycles. The zero-order chi connectivity index (χ0) is 17.1. The molecule has 0 fully saturated rings. The van der Waals surface area contributed by atoms with E-state index < -0.39 is 0 Å². The second-order valence-corrected chi connectivity index (χ2v) is 6.70. The molecule has 1 rings (SSSR count). The summed E-state index contributed by atoms with van der Waals surface area (Å²) in [5, 5.41) is 0. The van der Waals surface area contributed by atoms with E-state index in [0.717, 1.165) is 47.8 Å². The number of thiophene rings is 1. The van der Waals surface area contributed by atoms with Crippen molar-refractivity contribution in [1.82, 2.24) is 0 Å². The number of amidine groups is 1. The van der Waals surface area contributed by atoms with E-state index in [9.17, 15) is 0 Å². The highest BCUT2D eigenvalue weighted by molar-refractivity contribution is 7.14. The minimum Gasteiger partial charge on any atom is -0.266 e. The Morgan fingerprint density at radius 2 is 2.00 bits per heavy atom. The van der Waals surface area contributed by atoms with Crippen molar-refractivity contribution in [3.8, 4) is 0 Å². The lowest BCUT2D eigenvalue weighted by Gasteiger charge is -2.06. The van der Waals surface area contributed by atoms with Gasteiger partial charge in [-0.05, 0) is 50.3 Å². The summed E-state index contributed by atoms with van der Waals surface area (Å²) in [5.41, 5.74) is 2.06. The van der Waals surface area contributed by atoms with Crippen LogP contribution in [0.5, 0.6) is 0 Å². The zero-order valence-corrected chi connectivity index (χ0v) is 15.7. The third-order valence-corrected chi connectivity index (χ3v) is 4.73. The van der Waals surface area contributed by atoms with E-state index in [2.05, 4.69) is 51.1 Å². The van der Waals surface area contributed by atoms with Gasteiger partial charge in [0.15, 0.2) is 5.84 Å². The first-order valence-corrected chi connectivity index (χ1v) is 9.47. The van der Waals surface area contributed by atoms with Gasteiger partial charge in [0.2, 0.25) is 0 Å². The topological polar surface area (TPSA) is 24.7 Å². The van der Waals surface area contributed by atoms with E-state index in [0.29, 0.717) is 0 Å². The van der Waals surface area contributed by atoms with Gasteiger partial charge >= 0.3 is 0 Å². The van der Waals surface area contributed by atoms with Crippen molar-refractivity contribution in [2.45, 2.75) is 59.3 Å². The molecule has 1 heterocycles. The molecule has 0 saturated carbocycles. The molecule has 126 valence electrons. The molecule has 0 aliphatic rings. The fourth-order valence-electron chi connectivity index (χ4n) is 2.33. The Balaban J connectivity index is 2.96. The average Bonchev–Trinajstić information content (AvgIpc) is 3.00. The highest BCUT2D eigenvalue weighted by atomic mass is 32.1. The van der Waals surface area contributed by atoms with Crippen molar-refractivity contribution in [3.05, 3.63) is 46.7 Å². The van der Waals surface area contributed by atoms with Crippen molar-refractivity contribution in [1.29, 1.82) is 0 Å². The number of nitrogens with zero attached hydrogens (tertiary/aromatic N) is 2. The van der Waals surface area contributed by atoms with E-state index in [1.807, 2.05) is 17.4 Å². The summed E-state index contributed by atoms with van der Waals surface area (Å²) < 4.78 is 0. The largest absolute Gasteiger partial charge is 0.266 e. The number of rotatable bonds is 10. The molecule has 0 saturated heterocycles. The maximum Gasteiger partial charge on any atom is 0.165 e. The van der Waals surface area contributed by atoms with Crippen molar-refractivity contribution in [2.24, 2.45) is 9.98 Å². The quantitative estimate of drug-likeness (QED) is 0.210. The number of hydrogen-bond acceptors (Lipinski definition) is 2. The Bertz CT molecular complexity index is 564. The Morgan fingerprint density at radius 1 is 1.22 bits per heavy atom. The normalized spacial score (nSPS) is 12.5. The fourth-order valence-corrected chi connectivity index (χ4v) is 3.33. The van der Waals surface area contributed by atoms with Crippen molar-refractivity contribution >= 4 is 22.9 Å². The summed E-state index contributed by atoms with van der Waals surface area (Å²) in [5.74, 6) is 0.848. The van der Waals surface area contributed by atoms with Gasteiger partial charge in [0.05, 0.1) is 4.88 Å². The molecular weight excluding hydrogens is 300 g/mol. The monoisotopic (exact) mass is 330 g/mol. The third-order valence-electron chi connectivity index (χ3n) is 3.59. The van der Waals surface area contributed by atoms with Crippen LogP contribution in [0.15, 0.2) is 46.9 Å². The summed E-state index contributed by atoms with van der Waals surface area (Å²) in [7, 11) is 0. The minimum atomic E-state index is 0.743. The van der Waals surface area contributed by atoms with E-state index in [1.54, 1.807) is 0 Å². The zero-order valence-electron chi connectivity index (χ0n) is 14.9. The number of aryl methyl sites for hydroxylation is 1. The van der Waals surface area contributed by atoms with Crippen LogP contribution in [0.4, 0.5) is 0 Å². The summed E-state index contributed by atoms with van der Waals surface area (Å²) >= 11 is 1.82.